The molecule has 0 radical (unpaired) electrons. The highest BCUT2D eigenvalue weighted by Crippen LogP contribution is 2.61. The Labute approximate surface area is 338 Å². The Kier molecular flexibility index (Phi) is 11.5. The number of halogens is 1. The van der Waals surface area contributed by atoms with E-state index < -0.39 is 17.9 Å². The molecule has 1 atom stereocenters. The molecule has 15 heteroatoms. The van der Waals surface area contributed by atoms with Crippen LogP contribution in [-0.4, -0.2) is 101 Å². The topological polar surface area (TPSA) is 174 Å². The summed E-state index contributed by atoms with van der Waals surface area (Å²) >= 11 is 6.25. The number of hydrogen-bond donors (Lipinski definition) is 2. The summed E-state index contributed by atoms with van der Waals surface area (Å²) in [7, 11) is 0. The van der Waals surface area contributed by atoms with Gasteiger partial charge in [0.2, 0.25) is 11.8 Å². The smallest absolute Gasteiger partial charge is 0.270 e. The molecule has 0 spiro atoms. The molecule has 7 rings (SSSR count). The van der Waals surface area contributed by atoms with Gasteiger partial charge in [0.25, 0.3) is 5.91 Å². The van der Waals surface area contributed by atoms with Crippen molar-refractivity contribution in [1.29, 1.82) is 5.26 Å². The Hall–Kier alpha value is -5.13. The molecule has 14 nitrogen and oxygen atoms in total. The minimum Gasteiger partial charge on any atom is -0.489 e. The lowest BCUT2D eigenvalue weighted by molar-refractivity contribution is -0.196. The van der Waals surface area contributed by atoms with Gasteiger partial charge in [0.05, 0.1) is 34.9 Å². The first-order valence-corrected chi connectivity index (χ1v) is 20.1. The highest BCUT2D eigenvalue weighted by molar-refractivity contribution is 6.31. The average Bonchev–Trinajstić information content (AvgIpc) is 3.20. The van der Waals surface area contributed by atoms with Crippen molar-refractivity contribution in [3.05, 3.63) is 70.9 Å². The monoisotopic (exact) mass is 795 g/mol. The maximum Gasteiger partial charge on any atom is 0.270 e. The Balaban J connectivity index is 0.832. The number of nitrogens with zero attached hydrogens (tertiary/aromatic N) is 7. The number of carbonyl (C=O) groups excluding carboxylic acids is 4. The van der Waals surface area contributed by atoms with Crippen LogP contribution in [0, 0.1) is 34.0 Å². The number of pyridine rings is 1. The van der Waals surface area contributed by atoms with Gasteiger partial charge in [0.15, 0.2) is 5.78 Å². The van der Waals surface area contributed by atoms with E-state index in [0.717, 1.165) is 70.2 Å². The van der Waals surface area contributed by atoms with Crippen molar-refractivity contribution in [3.8, 4) is 11.8 Å². The SMILES string of the molecule is CC1(C)C(CC(=O)c2cnc(N3CCC(CN4CCN(c5ccc(C(=O)NC6CCC(=O)NC6=O)nc5)CC4)CC3)cn2)C(C)(C)C1Oc1ccc(C#N)c(Cl)c1. The molecule has 2 N–H and O–H groups in total. The lowest BCUT2D eigenvalue weighted by atomic mass is 9.44. The third kappa shape index (κ3) is 8.60. The van der Waals surface area contributed by atoms with Crippen molar-refractivity contribution < 1.29 is 23.9 Å². The average molecular weight is 796 g/mol. The second-order valence-corrected chi connectivity index (χ2v) is 17.3. The van der Waals surface area contributed by atoms with Crippen LogP contribution in [0.4, 0.5) is 11.5 Å². The quantitative estimate of drug-likeness (QED) is 0.203. The van der Waals surface area contributed by atoms with E-state index in [9.17, 15) is 24.4 Å². The zero-order valence-electron chi connectivity index (χ0n) is 33.0. The first kappa shape index (κ1) is 40.1. The van der Waals surface area contributed by atoms with Crippen molar-refractivity contribution in [3.63, 3.8) is 0 Å². The fraction of sp³-hybridized carbons (Fsp3) is 0.524. The van der Waals surface area contributed by atoms with E-state index in [1.54, 1.807) is 42.9 Å². The molecule has 3 amide bonds. The molecule has 1 aromatic carbocycles. The Morgan fingerprint density at radius 2 is 1.63 bits per heavy atom. The fourth-order valence-electron chi connectivity index (χ4n) is 9.40. The molecular formula is C42H50ClN9O5. The highest BCUT2D eigenvalue weighted by Gasteiger charge is 2.63. The van der Waals surface area contributed by atoms with Crippen molar-refractivity contribution in [1.82, 2.24) is 30.5 Å². The van der Waals surface area contributed by atoms with Gasteiger partial charge >= 0.3 is 0 Å². The summed E-state index contributed by atoms with van der Waals surface area (Å²) in [6.45, 7) is 14.9. The van der Waals surface area contributed by atoms with E-state index in [0.29, 0.717) is 34.4 Å². The number of anilines is 2. The van der Waals surface area contributed by atoms with Gasteiger partial charge in [-0.25, -0.2) is 15.0 Å². The summed E-state index contributed by atoms with van der Waals surface area (Å²) in [5, 5.41) is 14.5. The van der Waals surface area contributed by atoms with Gasteiger partial charge in [-0.05, 0) is 55.4 Å². The summed E-state index contributed by atoms with van der Waals surface area (Å²) in [6, 6.07) is 10.0. The van der Waals surface area contributed by atoms with Crippen LogP contribution < -0.4 is 25.2 Å². The zero-order chi connectivity index (χ0) is 40.5. The molecule has 0 bridgehead atoms. The number of benzene rings is 1. The Morgan fingerprint density at radius 1 is 0.912 bits per heavy atom. The standard InChI is InChI=1S/C42H50ClN9O5/c1-41(2)35(42(3,4)40(41)57-29-7-5-27(21-44)30(43)19-29)20-34(53)33-23-47-36(24-46-33)52-13-11-26(12-14-52)25-50-15-17-51(18-16-50)28-6-8-31(45-22-28)38(55)48-32-9-10-37(54)49-39(32)56/h5-8,19,22-24,26,32,35,40H,9-18,20,25H2,1-4H3,(H,48,55)(H,49,54,56). The van der Waals surface area contributed by atoms with Crippen LogP contribution in [0.5, 0.6) is 5.75 Å². The minimum absolute atomic E-state index is 0.0263. The first-order valence-electron chi connectivity index (χ1n) is 19.8. The highest BCUT2D eigenvalue weighted by atomic mass is 35.5. The molecule has 300 valence electrons. The summed E-state index contributed by atoms with van der Waals surface area (Å²) in [5.41, 5.74) is 1.41. The van der Waals surface area contributed by atoms with Gasteiger partial charge in [0.1, 0.15) is 41.2 Å². The zero-order valence-corrected chi connectivity index (χ0v) is 33.7. The van der Waals surface area contributed by atoms with E-state index in [4.69, 9.17) is 16.3 Å². The molecule has 57 heavy (non-hydrogen) atoms. The number of nitriles is 1. The van der Waals surface area contributed by atoms with E-state index in [-0.39, 0.29) is 53.1 Å². The van der Waals surface area contributed by atoms with Crippen molar-refractivity contribution in [2.75, 3.05) is 55.6 Å². The summed E-state index contributed by atoms with van der Waals surface area (Å²) in [4.78, 5) is 70.2. The number of aromatic nitrogens is 3. The number of ketones is 1. The van der Waals surface area contributed by atoms with Gasteiger partial charge in [-0.3, -0.25) is 29.4 Å². The van der Waals surface area contributed by atoms with E-state index in [1.165, 1.54) is 0 Å². The van der Waals surface area contributed by atoms with Crippen LogP contribution in [0.15, 0.2) is 48.9 Å². The molecule has 3 aliphatic heterocycles. The molecule has 5 heterocycles. The third-order valence-corrected chi connectivity index (χ3v) is 12.8. The van der Waals surface area contributed by atoms with Crippen LogP contribution in [-0.2, 0) is 9.59 Å². The third-order valence-electron chi connectivity index (χ3n) is 12.5. The minimum atomic E-state index is -0.736. The maximum absolute atomic E-state index is 13.5. The van der Waals surface area contributed by atoms with Crippen molar-refractivity contribution >= 4 is 46.6 Å². The van der Waals surface area contributed by atoms with Gasteiger partial charge in [-0.2, -0.15) is 5.26 Å². The Morgan fingerprint density at radius 3 is 2.25 bits per heavy atom. The molecule has 3 saturated heterocycles. The number of imide groups is 1. The van der Waals surface area contributed by atoms with E-state index >= 15 is 0 Å². The maximum atomic E-state index is 13.5. The molecule has 4 aliphatic rings. The van der Waals surface area contributed by atoms with Gasteiger partial charge < -0.3 is 19.9 Å². The number of carbonyl (C=O) groups is 4. The van der Waals surface area contributed by atoms with Crippen molar-refractivity contribution in [2.24, 2.45) is 22.7 Å². The molecule has 1 aliphatic carbocycles. The second kappa shape index (κ2) is 16.4. The normalized spacial score (nSPS) is 23.5. The van der Waals surface area contributed by atoms with E-state index in [1.807, 2.05) is 6.07 Å². The largest absolute Gasteiger partial charge is 0.489 e. The van der Waals surface area contributed by atoms with Crippen LogP contribution in [0.25, 0.3) is 0 Å². The number of rotatable bonds is 11. The second-order valence-electron chi connectivity index (χ2n) is 16.9. The van der Waals surface area contributed by atoms with Crippen LogP contribution in [0.2, 0.25) is 5.02 Å². The molecule has 1 saturated carbocycles. The lowest BCUT2D eigenvalue weighted by Crippen LogP contribution is -2.66. The molecule has 3 aromatic rings. The van der Waals surface area contributed by atoms with E-state index in [2.05, 4.69) is 74.0 Å². The number of nitrogens with one attached hydrogen (secondary N) is 2. The predicted molar refractivity (Wildman–Crippen MR) is 214 cm³/mol. The number of hydrogen-bond acceptors (Lipinski definition) is 12. The fourth-order valence-corrected chi connectivity index (χ4v) is 9.61. The number of piperazine rings is 1. The van der Waals surface area contributed by atoms with Gasteiger partial charge in [-0.1, -0.05) is 39.3 Å². The Bertz CT molecular complexity index is 2020. The molecule has 2 aromatic heterocycles. The summed E-state index contributed by atoms with van der Waals surface area (Å²) in [6.07, 6.45) is 7.84. The summed E-state index contributed by atoms with van der Waals surface area (Å²) < 4.78 is 6.39. The molecule has 4 fully saturated rings. The number of piperidine rings is 2. The predicted octanol–water partition coefficient (Wildman–Crippen LogP) is 4.67. The lowest BCUT2D eigenvalue weighted by Gasteiger charge is -2.63. The number of Topliss-reactive ketones (excluding diaryl/α,β-unsaturated/α-hetero) is 1. The van der Waals surface area contributed by atoms with Crippen LogP contribution in [0.3, 0.4) is 0 Å². The first-order chi connectivity index (χ1) is 27.2. The summed E-state index contributed by atoms with van der Waals surface area (Å²) in [5.74, 6) is 0.784. The number of amides is 3. The van der Waals surface area contributed by atoms with Crippen LogP contribution in [0.1, 0.15) is 86.3 Å². The number of ether oxygens (including phenoxy) is 1. The van der Waals surface area contributed by atoms with Gasteiger partial charge in [-0.15, -0.1) is 0 Å². The van der Waals surface area contributed by atoms with Crippen molar-refractivity contribution in [2.45, 2.75) is 71.9 Å². The van der Waals surface area contributed by atoms with Gasteiger partial charge in [0, 0.05) is 75.6 Å². The molecular weight excluding hydrogens is 746 g/mol. The molecule has 1 unspecified atom stereocenters. The van der Waals surface area contributed by atoms with Crippen LogP contribution >= 0.6 is 11.6 Å².